The fourth-order valence-electron chi connectivity index (χ4n) is 1.79. The van der Waals surface area contributed by atoms with Crippen LogP contribution in [0.4, 0.5) is 11.4 Å². The average molecular weight is 217 g/mol. The van der Waals surface area contributed by atoms with E-state index in [1.807, 2.05) is 25.2 Å². The summed E-state index contributed by atoms with van der Waals surface area (Å²) in [5.41, 5.74) is 9.48. The molecule has 84 valence electrons. The summed E-state index contributed by atoms with van der Waals surface area (Å²) in [5, 5.41) is 4.13. The summed E-state index contributed by atoms with van der Waals surface area (Å²) in [6.07, 6.45) is 1.67. The summed E-state index contributed by atoms with van der Waals surface area (Å²) < 4.78 is 5.11. The summed E-state index contributed by atoms with van der Waals surface area (Å²) in [4.78, 5) is 4.28. The molecule has 0 atom stereocenters. The maximum Gasteiger partial charge on any atom is 0.0742 e. The summed E-state index contributed by atoms with van der Waals surface area (Å²) in [6.45, 7) is 0.591. The fourth-order valence-corrected chi connectivity index (χ4v) is 1.79. The molecule has 1 aromatic carbocycles. The zero-order chi connectivity index (χ0) is 11.5. The Kier molecular flexibility index (Phi) is 2.92. The molecule has 0 aliphatic carbocycles. The third kappa shape index (κ3) is 1.79. The number of nitrogen functional groups attached to an aromatic ring is 1. The lowest BCUT2D eigenvalue weighted by molar-refractivity contribution is 0.185. The van der Waals surface area contributed by atoms with Crippen LogP contribution < -0.4 is 11.1 Å². The van der Waals surface area contributed by atoms with Crippen LogP contribution in [0.2, 0.25) is 0 Å². The number of nitrogens with one attached hydrogen (secondary N) is 1. The maximum absolute atomic E-state index is 5.86. The molecule has 0 saturated heterocycles. The van der Waals surface area contributed by atoms with Gasteiger partial charge in [0.25, 0.3) is 0 Å². The second-order valence-electron chi connectivity index (χ2n) is 3.62. The number of nitrogens with two attached hydrogens (primary N) is 1. The minimum atomic E-state index is 0.591. The van der Waals surface area contributed by atoms with Gasteiger partial charge >= 0.3 is 0 Å². The Balaban J connectivity index is 2.63. The van der Waals surface area contributed by atoms with Crippen molar-refractivity contribution >= 4 is 22.3 Å². The molecule has 0 bridgehead atoms. The molecule has 0 amide bonds. The Morgan fingerprint density at radius 3 is 2.94 bits per heavy atom. The SMILES string of the molecule is CNc1c(N)cnc2ccc(COC)cc12. The number of hydrogen-bond donors (Lipinski definition) is 2. The van der Waals surface area contributed by atoms with Crippen LogP contribution >= 0.6 is 0 Å². The fraction of sp³-hybridized carbons (Fsp3) is 0.250. The van der Waals surface area contributed by atoms with Crippen LogP contribution in [-0.4, -0.2) is 19.1 Å². The molecule has 16 heavy (non-hydrogen) atoms. The van der Waals surface area contributed by atoms with Crippen molar-refractivity contribution in [3.8, 4) is 0 Å². The first-order valence-corrected chi connectivity index (χ1v) is 5.10. The van der Waals surface area contributed by atoms with E-state index >= 15 is 0 Å². The molecule has 0 radical (unpaired) electrons. The quantitative estimate of drug-likeness (QED) is 0.825. The molecular weight excluding hydrogens is 202 g/mol. The molecule has 0 unspecified atom stereocenters. The Bertz CT molecular complexity index is 511. The van der Waals surface area contributed by atoms with E-state index in [0.29, 0.717) is 12.3 Å². The third-order valence-electron chi connectivity index (χ3n) is 2.52. The van der Waals surface area contributed by atoms with E-state index in [-0.39, 0.29) is 0 Å². The highest BCUT2D eigenvalue weighted by molar-refractivity contribution is 5.97. The average Bonchev–Trinajstić information content (AvgIpc) is 2.29. The molecule has 0 aliphatic rings. The van der Waals surface area contributed by atoms with Crippen molar-refractivity contribution in [2.45, 2.75) is 6.61 Å². The van der Waals surface area contributed by atoms with Crippen molar-refractivity contribution in [2.24, 2.45) is 0 Å². The van der Waals surface area contributed by atoms with Gasteiger partial charge in [-0.25, -0.2) is 0 Å². The number of benzene rings is 1. The van der Waals surface area contributed by atoms with Gasteiger partial charge in [0, 0.05) is 19.5 Å². The Labute approximate surface area is 94.4 Å². The van der Waals surface area contributed by atoms with E-state index in [1.54, 1.807) is 13.3 Å². The molecule has 0 spiro atoms. The second-order valence-corrected chi connectivity index (χ2v) is 3.62. The van der Waals surface area contributed by atoms with Gasteiger partial charge in [-0.3, -0.25) is 4.98 Å². The lowest BCUT2D eigenvalue weighted by Crippen LogP contribution is -1.99. The predicted molar refractivity (Wildman–Crippen MR) is 66.4 cm³/mol. The molecule has 0 aliphatic heterocycles. The normalized spacial score (nSPS) is 10.6. The van der Waals surface area contributed by atoms with Crippen LogP contribution in [-0.2, 0) is 11.3 Å². The highest BCUT2D eigenvalue weighted by atomic mass is 16.5. The Morgan fingerprint density at radius 2 is 2.25 bits per heavy atom. The van der Waals surface area contributed by atoms with Gasteiger partial charge < -0.3 is 15.8 Å². The van der Waals surface area contributed by atoms with E-state index < -0.39 is 0 Å². The molecule has 1 aromatic heterocycles. The molecule has 4 nitrogen and oxygen atoms in total. The van der Waals surface area contributed by atoms with Crippen LogP contribution in [0.3, 0.4) is 0 Å². The van der Waals surface area contributed by atoms with Crippen molar-refractivity contribution < 1.29 is 4.74 Å². The van der Waals surface area contributed by atoms with Crippen molar-refractivity contribution in [1.82, 2.24) is 4.98 Å². The van der Waals surface area contributed by atoms with Gasteiger partial charge in [0.15, 0.2) is 0 Å². The Morgan fingerprint density at radius 1 is 1.44 bits per heavy atom. The van der Waals surface area contributed by atoms with Gasteiger partial charge in [-0.05, 0) is 17.7 Å². The highest BCUT2D eigenvalue weighted by Gasteiger charge is 2.05. The zero-order valence-corrected chi connectivity index (χ0v) is 9.45. The molecule has 3 N–H and O–H groups in total. The summed E-state index contributed by atoms with van der Waals surface area (Å²) in [6, 6.07) is 6.03. The number of rotatable bonds is 3. The van der Waals surface area contributed by atoms with Crippen LogP contribution in [0, 0.1) is 0 Å². The molecule has 0 saturated carbocycles. The number of pyridine rings is 1. The highest BCUT2D eigenvalue weighted by Crippen LogP contribution is 2.28. The lowest BCUT2D eigenvalue weighted by Gasteiger charge is -2.10. The largest absolute Gasteiger partial charge is 0.396 e. The third-order valence-corrected chi connectivity index (χ3v) is 2.52. The predicted octanol–water partition coefficient (Wildman–Crippen LogP) is 2.01. The molecule has 1 heterocycles. The Hall–Kier alpha value is -1.81. The number of fused-ring (bicyclic) bond motifs is 1. The van der Waals surface area contributed by atoms with Gasteiger partial charge in [-0.2, -0.15) is 0 Å². The first-order chi connectivity index (χ1) is 7.76. The number of aromatic nitrogens is 1. The van der Waals surface area contributed by atoms with Gasteiger partial charge in [0.05, 0.1) is 29.7 Å². The van der Waals surface area contributed by atoms with Crippen LogP contribution in [0.25, 0.3) is 10.9 Å². The summed E-state index contributed by atoms with van der Waals surface area (Å²) >= 11 is 0. The molecular formula is C12H15N3O. The van der Waals surface area contributed by atoms with E-state index in [2.05, 4.69) is 10.3 Å². The maximum atomic E-state index is 5.86. The minimum absolute atomic E-state index is 0.591. The smallest absolute Gasteiger partial charge is 0.0742 e. The van der Waals surface area contributed by atoms with Gasteiger partial charge in [-0.15, -0.1) is 0 Å². The number of ether oxygens (including phenoxy) is 1. The van der Waals surface area contributed by atoms with E-state index in [4.69, 9.17) is 10.5 Å². The summed E-state index contributed by atoms with van der Waals surface area (Å²) in [7, 11) is 3.54. The second kappa shape index (κ2) is 4.37. The van der Waals surface area contributed by atoms with Gasteiger partial charge in [-0.1, -0.05) is 6.07 Å². The topological polar surface area (TPSA) is 60.2 Å². The van der Waals surface area contributed by atoms with Crippen LogP contribution in [0.15, 0.2) is 24.4 Å². The van der Waals surface area contributed by atoms with Crippen molar-refractivity contribution in [1.29, 1.82) is 0 Å². The standard InChI is InChI=1S/C12H15N3O/c1-14-12-9-5-8(7-16-2)3-4-11(9)15-6-10(12)13/h3-6H,7,13H2,1-2H3,(H,14,15). The minimum Gasteiger partial charge on any atom is -0.396 e. The molecule has 2 rings (SSSR count). The van der Waals surface area contributed by atoms with Crippen LogP contribution in [0.1, 0.15) is 5.56 Å². The molecule has 0 fully saturated rings. The van der Waals surface area contributed by atoms with Gasteiger partial charge in [0.2, 0.25) is 0 Å². The van der Waals surface area contributed by atoms with Crippen molar-refractivity contribution in [3.05, 3.63) is 30.0 Å². The number of hydrogen-bond acceptors (Lipinski definition) is 4. The lowest BCUT2D eigenvalue weighted by atomic mass is 10.1. The van der Waals surface area contributed by atoms with Crippen LogP contribution in [0.5, 0.6) is 0 Å². The van der Waals surface area contributed by atoms with E-state index in [9.17, 15) is 0 Å². The number of methoxy groups -OCH3 is 1. The number of nitrogens with zero attached hydrogens (tertiary/aromatic N) is 1. The van der Waals surface area contributed by atoms with E-state index in [0.717, 1.165) is 22.2 Å². The first kappa shape index (κ1) is 10.7. The summed E-state index contributed by atoms with van der Waals surface area (Å²) in [5.74, 6) is 0. The van der Waals surface area contributed by atoms with Crippen molar-refractivity contribution in [2.75, 3.05) is 25.2 Å². The van der Waals surface area contributed by atoms with Gasteiger partial charge in [0.1, 0.15) is 0 Å². The molecule has 4 heteroatoms. The van der Waals surface area contributed by atoms with E-state index in [1.165, 1.54) is 0 Å². The zero-order valence-electron chi connectivity index (χ0n) is 9.45. The monoisotopic (exact) mass is 217 g/mol. The molecule has 2 aromatic rings. The first-order valence-electron chi connectivity index (χ1n) is 5.10. The number of anilines is 2. The van der Waals surface area contributed by atoms with Crippen molar-refractivity contribution in [3.63, 3.8) is 0 Å².